The van der Waals surface area contributed by atoms with Crippen LogP contribution in [0.15, 0.2) is 29.3 Å². The molecule has 144 valence electrons. The van der Waals surface area contributed by atoms with Gasteiger partial charge in [-0.1, -0.05) is 12.1 Å². The van der Waals surface area contributed by atoms with Gasteiger partial charge in [0.2, 0.25) is 0 Å². The summed E-state index contributed by atoms with van der Waals surface area (Å²) in [6.07, 6.45) is 2.98. The molecular weight excluding hydrogens is 433 g/mol. The molecule has 0 atom stereocenters. The lowest BCUT2D eigenvalue weighted by Gasteiger charge is -2.12. The van der Waals surface area contributed by atoms with Crippen LogP contribution in [0, 0.1) is 0 Å². The van der Waals surface area contributed by atoms with Gasteiger partial charge in [0.05, 0.1) is 20.3 Å². The van der Waals surface area contributed by atoms with Gasteiger partial charge in [0.15, 0.2) is 5.96 Å². The second-order valence-corrected chi connectivity index (χ2v) is 5.34. The number of benzene rings is 1. The lowest BCUT2D eigenvalue weighted by molar-refractivity contribution is 0.0698. The molecule has 0 aliphatic heterocycles. The summed E-state index contributed by atoms with van der Waals surface area (Å²) in [7, 11) is 5.15. The van der Waals surface area contributed by atoms with Crippen molar-refractivity contribution >= 4 is 29.9 Å². The third kappa shape index (κ3) is 12.0. The minimum absolute atomic E-state index is 0. The van der Waals surface area contributed by atoms with Gasteiger partial charge >= 0.3 is 0 Å². The molecule has 0 bridgehead atoms. The van der Waals surface area contributed by atoms with Crippen LogP contribution in [0.5, 0.6) is 5.75 Å². The molecule has 0 spiro atoms. The number of halogens is 1. The fourth-order valence-corrected chi connectivity index (χ4v) is 2.17. The zero-order chi connectivity index (χ0) is 17.5. The van der Waals surface area contributed by atoms with Gasteiger partial charge in [0.25, 0.3) is 0 Å². The number of nitrogens with zero attached hydrogens (tertiary/aromatic N) is 1. The van der Waals surface area contributed by atoms with E-state index in [2.05, 4.69) is 27.8 Å². The van der Waals surface area contributed by atoms with E-state index in [1.165, 1.54) is 5.56 Å². The third-order valence-electron chi connectivity index (χ3n) is 3.48. The van der Waals surface area contributed by atoms with E-state index in [0.717, 1.165) is 50.7 Å². The van der Waals surface area contributed by atoms with Gasteiger partial charge in [0.1, 0.15) is 5.75 Å². The van der Waals surface area contributed by atoms with E-state index in [0.29, 0.717) is 13.2 Å². The zero-order valence-corrected chi connectivity index (χ0v) is 17.9. The first kappa shape index (κ1) is 23.9. The lowest BCUT2D eigenvalue weighted by Crippen LogP contribution is -2.38. The largest absolute Gasteiger partial charge is 0.497 e. The van der Waals surface area contributed by atoms with Crippen molar-refractivity contribution in [3.63, 3.8) is 0 Å². The van der Waals surface area contributed by atoms with Gasteiger partial charge in [-0.25, -0.2) is 0 Å². The summed E-state index contributed by atoms with van der Waals surface area (Å²) in [4.78, 5) is 4.22. The molecule has 25 heavy (non-hydrogen) atoms. The molecule has 1 rings (SSSR count). The highest BCUT2D eigenvalue weighted by molar-refractivity contribution is 14.0. The highest BCUT2D eigenvalue weighted by atomic mass is 127. The fourth-order valence-electron chi connectivity index (χ4n) is 2.17. The summed E-state index contributed by atoms with van der Waals surface area (Å²) >= 11 is 0. The Kier molecular flexibility index (Phi) is 15.7. The van der Waals surface area contributed by atoms with Gasteiger partial charge in [-0.3, -0.25) is 4.99 Å². The number of rotatable bonds is 12. The Balaban J connectivity index is 0.00000576. The molecule has 0 heterocycles. The van der Waals surface area contributed by atoms with Crippen LogP contribution in [0.25, 0.3) is 0 Å². The Hall–Kier alpha value is -1.06. The summed E-state index contributed by atoms with van der Waals surface area (Å²) in [6.45, 7) is 3.73. The number of hydrogen-bond acceptors (Lipinski definition) is 4. The van der Waals surface area contributed by atoms with Crippen molar-refractivity contribution in [3.8, 4) is 5.75 Å². The van der Waals surface area contributed by atoms with Crippen molar-refractivity contribution in [2.45, 2.75) is 19.3 Å². The molecule has 0 radical (unpaired) electrons. The monoisotopic (exact) mass is 465 g/mol. The van der Waals surface area contributed by atoms with Crippen LogP contribution in [0.1, 0.15) is 18.4 Å². The molecule has 0 saturated carbocycles. The van der Waals surface area contributed by atoms with Gasteiger partial charge in [-0.15, -0.1) is 24.0 Å². The highest BCUT2D eigenvalue weighted by Crippen LogP contribution is 2.13. The Bertz CT molecular complexity index is 473. The van der Waals surface area contributed by atoms with Crippen molar-refractivity contribution in [1.82, 2.24) is 10.6 Å². The van der Waals surface area contributed by atoms with Crippen LogP contribution >= 0.6 is 24.0 Å². The Morgan fingerprint density at radius 3 is 2.48 bits per heavy atom. The fraction of sp³-hybridized carbons (Fsp3) is 0.611. The molecule has 6 nitrogen and oxygen atoms in total. The first-order valence-corrected chi connectivity index (χ1v) is 8.44. The summed E-state index contributed by atoms with van der Waals surface area (Å²) in [5.41, 5.74) is 1.28. The van der Waals surface area contributed by atoms with Crippen LogP contribution in [-0.2, 0) is 15.9 Å². The number of ether oxygens (including phenoxy) is 3. The van der Waals surface area contributed by atoms with E-state index in [1.54, 1.807) is 21.3 Å². The lowest BCUT2D eigenvalue weighted by atomic mass is 10.1. The van der Waals surface area contributed by atoms with Gasteiger partial charge < -0.3 is 24.8 Å². The van der Waals surface area contributed by atoms with Crippen molar-refractivity contribution in [2.75, 3.05) is 54.2 Å². The van der Waals surface area contributed by atoms with Gasteiger partial charge in [0, 0.05) is 33.9 Å². The average Bonchev–Trinajstić information content (AvgIpc) is 2.62. The quantitative estimate of drug-likeness (QED) is 0.215. The standard InChI is InChI=1S/C18H31N3O3.HI/c1-19-18(21-11-6-12-24-14-13-22-2)20-10-5-8-16-7-4-9-17(15-16)23-3;/h4,7,9,15H,5-6,8,10-14H2,1-3H3,(H2,19,20,21);1H. The van der Waals surface area contributed by atoms with E-state index in [1.807, 2.05) is 12.1 Å². The van der Waals surface area contributed by atoms with E-state index in [-0.39, 0.29) is 24.0 Å². The molecule has 0 saturated heterocycles. The van der Waals surface area contributed by atoms with E-state index in [4.69, 9.17) is 14.2 Å². The van der Waals surface area contributed by atoms with Gasteiger partial charge in [-0.05, 0) is 37.0 Å². The summed E-state index contributed by atoms with van der Waals surface area (Å²) in [6, 6.07) is 8.19. The number of hydrogen-bond donors (Lipinski definition) is 2. The van der Waals surface area contributed by atoms with E-state index < -0.39 is 0 Å². The second kappa shape index (κ2) is 16.4. The van der Waals surface area contributed by atoms with E-state index >= 15 is 0 Å². The highest BCUT2D eigenvalue weighted by Gasteiger charge is 1.99. The molecule has 0 amide bonds. The molecule has 2 N–H and O–H groups in total. The SMILES string of the molecule is CN=C(NCCCOCCOC)NCCCc1cccc(OC)c1.I. The minimum Gasteiger partial charge on any atom is -0.497 e. The van der Waals surface area contributed by atoms with Crippen molar-refractivity contribution in [3.05, 3.63) is 29.8 Å². The normalized spacial score (nSPS) is 10.9. The summed E-state index contributed by atoms with van der Waals surface area (Å²) in [5.74, 6) is 1.74. The average molecular weight is 465 g/mol. The minimum atomic E-state index is 0. The molecule has 7 heteroatoms. The third-order valence-corrected chi connectivity index (χ3v) is 3.48. The maximum atomic E-state index is 5.42. The van der Waals surface area contributed by atoms with Crippen LogP contribution in [-0.4, -0.2) is 60.1 Å². The molecular formula is C18H32IN3O3. The van der Waals surface area contributed by atoms with Crippen LogP contribution in [0.2, 0.25) is 0 Å². The smallest absolute Gasteiger partial charge is 0.190 e. The van der Waals surface area contributed by atoms with Crippen LogP contribution in [0.3, 0.4) is 0 Å². The number of aryl methyl sites for hydroxylation is 1. The molecule has 0 aliphatic rings. The van der Waals surface area contributed by atoms with Crippen LogP contribution in [0.4, 0.5) is 0 Å². The molecule has 0 aliphatic carbocycles. The van der Waals surface area contributed by atoms with E-state index in [9.17, 15) is 0 Å². The zero-order valence-electron chi connectivity index (χ0n) is 15.5. The first-order valence-electron chi connectivity index (χ1n) is 8.44. The molecule has 0 unspecified atom stereocenters. The Labute approximate surface area is 168 Å². The van der Waals surface area contributed by atoms with Crippen molar-refractivity contribution in [2.24, 2.45) is 4.99 Å². The Morgan fingerprint density at radius 2 is 1.80 bits per heavy atom. The van der Waals surface area contributed by atoms with Crippen molar-refractivity contribution < 1.29 is 14.2 Å². The summed E-state index contributed by atoms with van der Waals surface area (Å²) < 4.78 is 15.6. The second-order valence-electron chi connectivity index (χ2n) is 5.34. The number of guanidine groups is 1. The first-order chi connectivity index (χ1) is 11.8. The predicted octanol–water partition coefficient (Wildman–Crippen LogP) is 2.46. The topological polar surface area (TPSA) is 64.1 Å². The number of aliphatic imine (C=N–C) groups is 1. The molecule has 1 aromatic carbocycles. The number of methoxy groups -OCH3 is 2. The maximum Gasteiger partial charge on any atom is 0.190 e. The van der Waals surface area contributed by atoms with Crippen LogP contribution < -0.4 is 15.4 Å². The van der Waals surface area contributed by atoms with Crippen molar-refractivity contribution in [1.29, 1.82) is 0 Å². The molecule has 0 fully saturated rings. The maximum absolute atomic E-state index is 5.42. The Morgan fingerprint density at radius 1 is 1.04 bits per heavy atom. The van der Waals surface area contributed by atoms with Gasteiger partial charge in [-0.2, -0.15) is 0 Å². The number of nitrogens with one attached hydrogen (secondary N) is 2. The molecule has 0 aromatic heterocycles. The predicted molar refractivity (Wildman–Crippen MR) is 113 cm³/mol. The summed E-state index contributed by atoms with van der Waals surface area (Å²) in [5, 5.41) is 6.61. The molecule has 1 aromatic rings.